The van der Waals surface area contributed by atoms with Gasteiger partial charge in [-0.3, -0.25) is 5.32 Å². The maximum absolute atomic E-state index is 14.6. The lowest BCUT2D eigenvalue weighted by Crippen LogP contribution is -2.17. The Morgan fingerprint density at radius 3 is 2.57 bits per heavy atom. The first kappa shape index (κ1) is 20.2. The van der Waals surface area contributed by atoms with Crippen LogP contribution in [-0.2, 0) is 0 Å². The SMILES string of the molecule is O=C(Nc1cc(Cl)c(-c2ccc(OC3CCCC3)nc2)cc1F)Oc1ccccc1. The minimum atomic E-state index is -0.806. The van der Waals surface area contributed by atoms with Crippen molar-refractivity contribution < 1.29 is 18.7 Å². The van der Waals surface area contributed by atoms with E-state index in [0.29, 0.717) is 22.8 Å². The first-order valence-electron chi connectivity index (χ1n) is 9.74. The van der Waals surface area contributed by atoms with Crippen LogP contribution in [0.2, 0.25) is 5.02 Å². The van der Waals surface area contributed by atoms with Gasteiger partial charge in [-0.15, -0.1) is 0 Å². The molecule has 1 saturated carbocycles. The smallest absolute Gasteiger partial charge is 0.417 e. The van der Waals surface area contributed by atoms with Crippen molar-refractivity contribution in [3.05, 3.63) is 71.6 Å². The standard InChI is InChI=1S/C23H20ClFN2O3/c24-19-13-21(27-23(28)30-17-6-2-1-3-7-17)20(25)12-18(19)15-10-11-22(26-14-15)29-16-8-4-5-9-16/h1-3,6-7,10-14,16H,4-5,8-9H2,(H,27,28). The fourth-order valence-corrected chi connectivity index (χ4v) is 3.65. The van der Waals surface area contributed by atoms with Gasteiger partial charge in [-0.25, -0.2) is 14.2 Å². The van der Waals surface area contributed by atoms with Crippen LogP contribution in [0.4, 0.5) is 14.9 Å². The molecule has 5 nitrogen and oxygen atoms in total. The van der Waals surface area contributed by atoms with Gasteiger partial charge in [0.2, 0.25) is 5.88 Å². The molecule has 3 aromatic rings. The number of benzene rings is 2. The van der Waals surface area contributed by atoms with Crippen molar-refractivity contribution in [1.29, 1.82) is 0 Å². The molecule has 0 atom stereocenters. The predicted octanol–water partition coefficient (Wildman–Crippen LogP) is 6.47. The summed E-state index contributed by atoms with van der Waals surface area (Å²) >= 11 is 6.34. The Morgan fingerprint density at radius 1 is 1.10 bits per heavy atom. The molecule has 1 N–H and O–H groups in total. The van der Waals surface area contributed by atoms with Gasteiger partial charge in [0, 0.05) is 23.4 Å². The number of para-hydroxylation sites is 1. The Bertz CT molecular complexity index is 1020. The fourth-order valence-electron chi connectivity index (χ4n) is 3.38. The van der Waals surface area contributed by atoms with E-state index in [4.69, 9.17) is 21.1 Å². The number of hydrogen-bond acceptors (Lipinski definition) is 4. The number of halogens is 2. The number of rotatable bonds is 5. The average molecular weight is 427 g/mol. The second-order valence-electron chi connectivity index (χ2n) is 7.05. The lowest BCUT2D eigenvalue weighted by Gasteiger charge is -2.13. The second kappa shape index (κ2) is 9.13. The zero-order valence-corrected chi connectivity index (χ0v) is 16.9. The maximum Gasteiger partial charge on any atom is 0.417 e. The summed E-state index contributed by atoms with van der Waals surface area (Å²) in [6.07, 6.45) is 5.45. The van der Waals surface area contributed by atoms with Crippen LogP contribution < -0.4 is 14.8 Å². The molecule has 0 unspecified atom stereocenters. The molecule has 2 aromatic carbocycles. The molecule has 154 valence electrons. The highest BCUT2D eigenvalue weighted by Gasteiger charge is 2.18. The predicted molar refractivity (Wildman–Crippen MR) is 114 cm³/mol. The molecule has 0 spiro atoms. The highest BCUT2D eigenvalue weighted by Crippen LogP contribution is 2.33. The number of nitrogens with one attached hydrogen (secondary N) is 1. The minimum absolute atomic E-state index is 0.0705. The first-order valence-corrected chi connectivity index (χ1v) is 10.1. The highest BCUT2D eigenvalue weighted by molar-refractivity contribution is 6.33. The van der Waals surface area contributed by atoms with Crippen molar-refractivity contribution in [2.45, 2.75) is 31.8 Å². The van der Waals surface area contributed by atoms with Crippen LogP contribution in [-0.4, -0.2) is 17.2 Å². The third-order valence-corrected chi connectivity index (χ3v) is 5.20. The fraction of sp³-hybridized carbons (Fsp3) is 0.217. The van der Waals surface area contributed by atoms with Crippen molar-refractivity contribution in [2.75, 3.05) is 5.32 Å². The van der Waals surface area contributed by atoms with Crippen LogP contribution in [0.3, 0.4) is 0 Å². The van der Waals surface area contributed by atoms with Crippen molar-refractivity contribution in [1.82, 2.24) is 4.98 Å². The van der Waals surface area contributed by atoms with E-state index in [-0.39, 0.29) is 16.8 Å². The number of aromatic nitrogens is 1. The monoisotopic (exact) mass is 426 g/mol. The maximum atomic E-state index is 14.6. The topological polar surface area (TPSA) is 60.5 Å². The molecular weight excluding hydrogens is 407 g/mol. The van der Waals surface area contributed by atoms with Crippen LogP contribution in [0.5, 0.6) is 11.6 Å². The molecule has 1 aliphatic carbocycles. The summed E-state index contributed by atoms with van der Waals surface area (Å²) in [5.74, 6) is 0.263. The average Bonchev–Trinajstić information content (AvgIpc) is 3.25. The van der Waals surface area contributed by atoms with E-state index in [2.05, 4.69) is 10.3 Å². The van der Waals surface area contributed by atoms with Crippen molar-refractivity contribution in [3.63, 3.8) is 0 Å². The molecule has 7 heteroatoms. The zero-order valence-electron chi connectivity index (χ0n) is 16.1. The van der Waals surface area contributed by atoms with Crippen LogP contribution in [0.15, 0.2) is 60.8 Å². The summed E-state index contributed by atoms with van der Waals surface area (Å²) in [7, 11) is 0. The van der Waals surface area contributed by atoms with Crippen LogP contribution >= 0.6 is 11.6 Å². The minimum Gasteiger partial charge on any atom is -0.474 e. The summed E-state index contributed by atoms with van der Waals surface area (Å²) < 4.78 is 25.6. The summed E-state index contributed by atoms with van der Waals surface area (Å²) in [5, 5.41) is 2.65. The Morgan fingerprint density at radius 2 is 1.87 bits per heavy atom. The number of nitrogens with zero attached hydrogens (tertiary/aromatic N) is 1. The number of carbonyl (C=O) groups excluding carboxylic acids is 1. The Balaban J connectivity index is 1.46. The molecule has 4 rings (SSSR count). The third-order valence-electron chi connectivity index (χ3n) is 4.88. The largest absolute Gasteiger partial charge is 0.474 e. The number of hydrogen-bond donors (Lipinski definition) is 1. The molecular formula is C23H20ClFN2O3. The van der Waals surface area contributed by atoms with Gasteiger partial charge in [-0.2, -0.15) is 0 Å². The van der Waals surface area contributed by atoms with Gasteiger partial charge in [0.05, 0.1) is 10.7 Å². The van der Waals surface area contributed by atoms with E-state index in [9.17, 15) is 9.18 Å². The van der Waals surface area contributed by atoms with E-state index in [1.807, 2.05) is 0 Å². The summed E-state index contributed by atoms with van der Waals surface area (Å²) in [5.41, 5.74) is 1.05. The molecule has 0 radical (unpaired) electrons. The number of amides is 1. The normalized spacial score (nSPS) is 13.8. The molecule has 0 bridgehead atoms. The first-order chi connectivity index (χ1) is 14.6. The highest BCUT2D eigenvalue weighted by atomic mass is 35.5. The Labute approximate surface area is 178 Å². The van der Waals surface area contributed by atoms with Gasteiger partial charge in [-0.05, 0) is 56.0 Å². The molecule has 1 amide bonds. The number of ether oxygens (including phenoxy) is 2. The van der Waals surface area contributed by atoms with E-state index < -0.39 is 11.9 Å². The van der Waals surface area contributed by atoms with E-state index >= 15 is 0 Å². The quantitative estimate of drug-likeness (QED) is 0.507. The van der Waals surface area contributed by atoms with Crippen LogP contribution in [0.1, 0.15) is 25.7 Å². The Hall–Kier alpha value is -3.12. The van der Waals surface area contributed by atoms with Crippen LogP contribution in [0.25, 0.3) is 11.1 Å². The lowest BCUT2D eigenvalue weighted by atomic mass is 10.1. The molecule has 1 aromatic heterocycles. The lowest BCUT2D eigenvalue weighted by molar-refractivity contribution is 0.201. The molecule has 1 heterocycles. The van der Waals surface area contributed by atoms with Gasteiger partial charge in [0.25, 0.3) is 0 Å². The van der Waals surface area contributed by atoms with E-state index in [0.717, 1.165) is 12.8 Å². The summed E-state index contributed by atoms with van der Waals surface area (Å²) in [4.78, 5) is 16.3. The van der Waals surface area contributed by atoms with Crippen molar-refractivity contribution >= 4 is 23.4 Å². The van der Waals surface area contributed by atoms with Gasteiger partial charge in [0.15, 0.2) is 0 Å². The number of pyridine rings is 1. The Kier molecular flexibility index (Phi) is 6.14. The molecule has 0 saturated heterocycles. The van der Waals surface area contributed by atoms with Gasteiger partial charge >= 0.3 is 6.09 Å². The van der Waals surface area contributed by atoms with Crippen LogP contribution in [0, 0.1) is 5.82 Å². The third kappa shape index (κ3) is 4.89. The van der Waals surface area contributed by atoms with E-state index in [1.165, 1.54) is 25.0 Å². The number of carbonyl (C=O) groups is 1. The van der Waals surface area contributed by atoms with Crippen molar-refractivity contribution in [3.8, 4) is 22.8 Å². The van der Waals surface area contributed by atoms with E-state index in [1.54, 1.807) is 48.7 Å². The summed E-state index contributed by atoms with van der Waals surface area (Å²) in [6.45, 7) is 0. The second-order valence-corrected chi connectivity index (χ2v) is 7.46. The van der Waals surface area contributed by atoms with Gasteiger partial charge in [-0.1, -0.05) is 29.8 Å². The molecule has 1 fully saturated rings. The van der Waals surface area contributed by atoms with Gasteiger partial charge in [0.1, 0.15) is 17.7 Å². The summed E-state index contributed by atoms with van der Waals surface area (Å²) in [6, 6.07) is 14.7. The van der Waals surface area contributed by atoms with Crippen molar-refractivity contribution in [2.24, 2.45) is 0 Å². The number of anilines is 1. The zero-order chi connectivity index (χ0) is 20.9. The molecule has 0 aliphatic heterocycles. The molecule has 1 aliphatic rings. The van der Waals surface area contributed by atoms with Gasteiger partial charge < -0.3 is 9.47 Å². The molecule has 30 heavy (non-hydrogen) atoms.